The van der Waals surface area contributed by atoms with E-state index in [0.717, 1.165) is 5.69 Å². The molecule has 0 bridgehead atoms. The van der Waals surface area contributed by atoms with Crippen LogP contribution in [0.3, 0.4) is 0 Å². The van der Waals surface area contributed by atoms with Crippen LogP contribution >= 0.6 is 0 Å². The smallest absolute Gasteiger partial charge is 0.179 e. The third-order valence-corrected chi connectivity index (χ3v) is 19.0. The van der Waals surface area contributed by atoms with Crippen molar-refractivity contribution in [2.45, 2.75) is 0 Å². The number of benzene rings is 11. The molecular formula is C66H46N2Si. The third-order valence-electron chi connectivity index (χ3n) is 14.3. The summed E-state index contributed by atoms with van der Waals surface area (Å²) in [6.07, 6.45) is 0. The Morgan fingerprint density at radius 3 is 1.30 bits per heavy atom. The first-order chi connectivity index (χ1) is 34.3. The second-order valence-electron chi connectivity index (χ2n) is 18.0. The monoisotopic (exact) mass is 894 g/mol. The fourth-order valence-corrected chi connectivity index (χ4v) is 16.1. The molecule has 0 aliphatic carbocycles. The zero-order valence-corrected chi connectivity index (χ0v) is 39.0. The number of nitrogens with zero attached hydrogens (tertiary/aromatic N) is 2. The molecule has 2 nitrogen and oxygen atoms in total. The molecule has 3 heteroatoms. The first-order valence-electron chi connectivity index (χ1n) is 23.8. The van der Waals surface area contributed by atoms with Gasteiger partial charge in [-0.1, -0.05) is 231 Å². The summed E-state index contributed by atoms with van der Waals surface area (Å²) in [5, 5.41) is 10.4. The summed E-state index contributed by atoms with van der Waals surface area (Å²) >= 11 is 0. The third kappa shape index (κ3) is 6.62. The van der Waals surface area contributed by atoms with Crippen molar-refractivity contribution >= 4 is 72.4 Å². The zero-order valence-electron chi connectivity index (χ0n) is 38.0. The van der Waals surface area contributed by atoms with Gasteiger partial charge >= 0.3 is 0 Å². The molecule has 0 spiro atoms. The van der Waals surface area contributed by atoms with Crippen LogP contribution in [0.25, 0.3) is 88.4 Å². The van der Waals surface area contributed by atoms with Crippen LogP contribution in [-0.2, 0) is 0 Å². The van der Waals surface area contributed by atoms with Gasteiger partial charge in [-0.05, 0) is 103 Å². The molecule has 0 N–H and O–H groups in total. The largest absolute Gasteiger partial charge is 0.309 e. The second kappa shape index (κ2) is 16.8. The van der Waals surface area contributed by atoms with Crippen LogP contribution in [0.4, 0.5) is 0 Å². The van der Waals surface area contributed by atoms with E-state index in [0.29, 0.717) is 0 Å². The fraction of sp³-hybridized carbons (Fsp3) is 0. The molecule has 324 valence electrons. The number of hydrogen-bond donors (Lipinski definition) is 0. The highest BCUT2D eigenvalue weighted by atomic mass is 28.3. The van der Waals surface area contributed by atoms with Crippen molar-refractivity contribution in [2.75, 3.05) is 0 Å². The van der Waals surface area contributed by atoms with Gasteiger partial charge in [-0.2, -0.15) is 0 Å². The highest BCUT2D eigenvalue weighted by Gasteiger charge is 2.41. The number of fused-ring (bicyclic) bond motifs is 6. The molecule has 2 aromatic heterocycles. The van der Waals surface area contributed by atoms with E-state index in [4.69, 9.17) is 0 Å². The van der Waals surface area contributed by atoms with Crippen LogP contribution in [0, 0.1) is 0 Å². The predicted molar refractivity (Wildman–Crippen MR) is 295 cm³/mol. The molecular weight excluding hydrogens is 849 g/mol. The normalized spacial score (nSPS) is 11.8. The maximum Gasteiger partial charge on any atom is 0.179 e. The molecule has 0 amide bonds. The molecule has 2 heterocycles. The van der Waals surface area contributed by atoms with Gasteiger partial charge in [-0.15, -0.1) is 0 Å². The summed E-state index contributed by atoms with van der Waals surface area (Å²) in [4.78, 5) is 0. The Labute approximate surface area is 403 Å². The molecule has 0 saturated heterocycles. The minimum Gasteiger partial charge on any atom is -0.309 e. The van der Waals surface area contributed by atoms with Crippen molar-refractivity contribution in [1.82, 2.24) is 9.13 Å². The van der Waals surface area contributed by atoms with Crippen molar-refractivity contribution in [3.05, 3.63) is 279 Å². The van der Waals surface area contributed by atoms with Gasteiger partial charge in [-0.3, -0.25) is 0 Å². The van der Waals surface area contributed by atoms with Crippen molar-refractivity contribution in [3.63, 3.8) is 0 Å². The zero-order chi connectivity index (χ0) is 45.7. The van der Waals surface area contributed by atoms with E-state index < -0.39 is 8.07 Å². The number of hydrogen-bond acceptors (Lipinski definition) is 0. The van der Waals surface area contributed by atoms with E-state index in [1.807, 2.05) is 0 Å². The maximum atomic E-state index is 2.50. The molecule has 13 aromatic rings. The standard InChI is InChI=1S/C66H46N2Si/c1-5-21-47(22-6-1)49-25-17-27-51(45-49)57-35-19-38-62-65(57)58-33-13-16-37-61(58)68(62)64-40-20-39-63-66(64)59-34-14-15-36-60(59)67(63)52-41-43-55(44-42-52)69(53-28-9-3-10-29-53,54-30-11-4-12-31-54)56-32-18-26-50(46-56)48-23-7-2-8-24-48/h1-46H. The molecule has 0 aliphatic rings. The lowest BCUT2D eigenvalue weighted by Crippen LogP contribution is -2.74. The molecule has 0 aliphatic heterocycles. The number of rotatable bonds is 9. The first kappa shape index (κ1) is 40.5. The average molecular weight is 895 g/mol. The van der Waals surface area contributed by atoms with E-state index in [2.05, 4.69) is 288 Å². The molecule has 0 atom stereocenters. The van der Waals surface area contributed by atoms with Crippen LogP contribution in [0.15, 0.2) is 279 Å². The molecule has 69 heavy (non-hydrogen) atoms. The van der Waals surface area contributed by atoms with Crippen molar-refractivity contribution in [2.24, 2.45) is 0 Å². The lowest BCUT2D eigenvalue weighted by atomic mass is 9.96. The molecule has 0 fully saturated rings. The van der Waals surface area contributed by atoms with Gasteiger partial charge in [0.1, 0.15) is 0 Å². The Morgan fingerprint density at radius 1 is 0.246 bits per heavy atom. The summed E-state index contributed by atoms with van der Waals surface area (Å²) in [5.74, 6) is 0. The van der Waals surface area contributed by atoms with Gasteiger partial charge in [0.15, 0.2) is 8.07 Å². The maximum absolute atomic E-state index is 2.84. The minimum atomic E-state index is -2.84. The Kier molecular flexibility index (Phi) is 9.88. The lowest BCUT2D eigenvalue weighted by Gasteiger charge is -2.35. The van der Waals surface area contributed by atoms with Crippen LogP contribution < -0.4 is 20.7 Å². The van der Waals surface area contributed by atoms with Crippen LogP contribution in [0.1, 0.15) is 0 Å². The average Bonchev–Trinajstić information content (AvgIpc) is 3.96. The van der Waals surface area contributed by atoms with Crippen molar-refractivity contribution < 1.29 is 0 Å². The fourth-order valence-electron chi connectivity index (χ4n) is 11.3. The SMILES string of the molecule is c1ccc(-c2cccc(-c3cccc4c3c3ccccc3n4-c3cccc4c3c3ccccc3n4-c3ccc([Si](c4ccccc4)(c4ccccc4)c4cccc(-c5ccccc5)c4)cc3)c2)cc1. The molecule has 0 saturated carbocycles. The summed E-state index contributed by atoms with van der Waals surface area (Å²) in [7, 11) is -2.84. The van der Waals surface area contributed by atoms with E-state index in [9.17, 15) is 0 Å². The molecule has 13 rings (SSSR count). The Bertz CT molecular complexity index is 3940. The van der Waals surface area contributed by atoms with Gasteiger partial charge in [0.2, 0.25) is 0 Å². The number of para-hydroxylation sites is 2. The molecule has 0 unspecified atom stereocenters. The predicted octanol–water partition coefficient (Wildman–Crippen LogP) is 14.3. The van der Waals surface area contributed by atoms with Crippen LogP contribution in [-0.4, -0.2) is 17.2 Å². The van der Waals surface area contributed by atoms with E-state index >= 15 is 0 Å². The topological polar surface area (TPSA) is 9.86 Å². The summed E-state index contributed by atoms with van der Waals surface area (Å²) < 4.78 is 4.97. The Hall–Kier alpha value is -8.76. The molecule has 11 aromatic carbocycles. The van der Waals surface area contributed by atoms with Gasteiger partial charge in [-0.25, -0.2) is 0 Å². The molecule has 0 radical (unpaired) electrons. The highest BCUT2D eigenvalue weighted by Crippen LogP contribution is 2.43. The highest BCUT2D eigenvalue weighted by molar-refractivity contribution is 7.19. The Morgan fingerprint density at radius 2 is 0.667 bits per heavy atom. The summed E-state index contributed by atoms with van der Waals surface area (Å²) in [6, 6.07) is 103. The number of aromatic nitrogens is 2. The first-order valence-corrected chi connectivity index (χ1v) is 25.8. The van der Waals surface area contributed by atoms with E-state index in [-0.39, 0.29) is 0 Å². The van der Waals surface area contributed by atoms with Crippen LogP contribution in [0.2, 0.25) is 0 Å². The van der Waals surface area contributed by atoms with Gasteiger partial charge in [0.05, 0.1) is 27.8 Å². The van der Waals surface area contributed by atoms with Crippen molar-refractivity contribution in [3.8, 4) is 44.8 Å². The lowest BCUT2D eigenvalue weighted by molar-refractivity contribution is 1.17. The van der Waals surface area contributed by atoms with Gasteiger partial charge in [0, 0.05) is 27.2 Å². The Balaban J connectivity index is 1.01. The quantitative estimate of drug-likeness (QED) is 0.101. The van der Waals surface area contributed by atoms with Crippen molar-refractivity contribution in [1.29, 1.82) is 0 Å². The summed E-state index contributed by atoms with van der Waals surface area (Å²) in [5.41, 5.74) is 14.3. The second-order valence-corrected chi connectivity index (χ2v) is 21.8. The summed E-state index contributed by atoms with van der Waals surface area (Å²) in [6.45, 7) is 0. The van der Waals surface area contributed by atoms with E-state index in [1.54, 1.807) is 0 Å². The van der Waals surface area contributed by atoms with Gasteiger partial charge < -0.3 is 9.13 Å². The van der Waals surface area contributed by atoms with E-state index in [1.165, 1.54) is 103 Å². The van der Waals surface area contributed by atoms with Gasteiger partial charge in [0.25, 0.3) is 0 Å². The minimum absolute atomic E-state index is 1.13. The van der Waals surface area contributed by atoms with Crippen LogP contribution in [0.5, 0.6) is 0 Å².